The van der Waals surface area contributed by atoms with Gasteiger partial charge in [-0.2, -0.15) is 0 Å². The Hall–Kier alpha value is -2.42. The molecule has 0 heterocycles. The van der Waals surface area contributed by atoms with Crippen molar-refractivity contribution in [3.8, 4) is 5.75 Å². The van der Waals surface area contributed by atoms with E-state index in [0.29, 0.717) is 12.2 Å². The minimum absolute atomic E-state index is 0.329. The summed E-state index contributed by atoms with van der Waals surface area (Å²) in [4.78, 5) is 14.6. The van der Waals surface area contributed by atoms with Crippen molar-refractivity contribution in [1.29, 1.82) is 0 Å². The van der Waals surface area contributed by atoms with Crippen LogP contribution in [0.4, 0.5) is 0 Å². The minimum Gasteiger partial charge on any atom is -0.489 e. The van der Waals surface area contributed by atoms with Crippen LogP contribution in [0.25, 0.3) is 0 Å². The molecule has 3 heteroatoms. The Bertz CT molecular complexity index is 532. The second kappa shape index (κ2) is 5.77. The summed E-state index contributed by atoms with van der Waals surface area (Å²) in [5.74, 6) is 0.393. The third-order valence-corrected chi connectivity index (χ3v) is 2.49. The molecule has 0 aliphatic carbocycles. The van der Waals surface area contributed by atoms with E-state index in [9.17, 15) is 4.79 Å². The first-order valence-electron chi connectivity index (χ1n) is 5.57. The average molecular weight is 239 g/mol. The van der Waals surface area contributed by atoms with Gasteiger partial charge in [0, 0.05) is 5.56 Å². The number of aliphatic imine (C=N–C) groups is 1. The van der Waals surface area contributed by atoms with Gasteiger partial charge in [0.1, 0.15) is 12.4 Å². The molecule has 0 atom stereocenters. The van der Waals surface area contributed by atoms with Crippen LogP contribution >= 0.6 is 0 Å². The Kier molecular flexibility index (Phi) is 3.86. The van der Waals surface area contributed by atoms with Gasteiger partial charge in [0.25, 0.3) is 5.91 Å². The number of carbonyl (C=O) groups excluding carboxylic acids is 1. The average Bonchev–Trinajstić information content (AvgIpc) is 2.46. The molecule has 2 aromatic rings. The molecule has 0 radical (unpaired) electrons. The molecule has 0 saturated carbocycles. The lowest BCUT2D eigenvalue weighted by molar-refractivity contribution is 0.100. The third kappa shape index (κ3) is 3.04. The van der Waals surface area contributed by atoms with Crippen LogP contribution in [-0.4, -0.2) is 12.6 Å². The summed E-state index contributed by atoms with van der Waals surface area (Å²) in [6.07, 6.45) is 0. The Morgan fingerprint density at radius 2 is 1.72 bits per heavy atom. The highest BCUT2D eigenvalue weighted by molar-refractivity contribution is 5.97. The van der Waals surface area contributed by atoms with Crippen LogP contribution in [-0.2, 0) is 6.61 Å². The first-order chi connectivity index (χ1) is 8.79. The van der Waals surface area contributed by atoms with E-state index < -0.39 is 0 Å². The van der Waals surface area contributed by atoms with Gasteiger partial charge in [-0.15, -0.1) is 0 Å². The Labute approximate surface area is 106 Å². The number of hydrogen-bond donors (Lipinski definition) is 0. The third-order valence-electron chi connectivity index (χ3n) is 2.49. The molecule has 90 valence electrons. The molecule has 2 rings (SSSR count). The molecular weight excluding hydrogens is 226 g/mol. The van der Waals surface area contributed by atoms with Crippen molar-refractivity contribution >= 4 is 12.6 Å². The molecule has 0 unspecified atom stereocenters. The summed E-state index contributed by atoms with van der Waals surface area (Å²) >= 11 is 0. The highest BCUT2D eigenvalue weighted by Crippen LogP contribution is 2.14. The van der Waals surface area contributed by atoms with E-state index in [-0.39, 0.29) is 5.91 Å². The van der Waals surface area contributed by atoms with Crippen molar-refractivity contribution in [2.24, 2.45) is 4.99 Å². The number of benzene rings is 2. The molecule has 1 amide bonds. The fourth-order valence-electron chi connectivity index (χ4n) is 1.53. The van der Waals surface area contributed by atoms with E-state index in [0.717, 1.165) is 11.3 Å². The molecule has 0 aliphatic rings. The molecule has 0 bridgehead atoms. The SMILES string of the molecule is C=NC(=O)c1ccc(OCc2ccccc2)cc1. The van der Waals surface area contributed by atoms with Gasteiger partial charge in [0.15, 0.2) is 0 Å². The van der Waals surface area contributed by atoms with E-state index in [1.807, 2.05) is 30.3 Å². The largest absolute Gasteiger partial charge is 0.489 e. The van der Waals surface area contributed by atoms with Crippen LogP contribution < -0.4 is 4.74 Å². The standard InChI is InChI=1S/C15H13NO2/c1-16-15(17)13-7-9-14(10-8-13)18-11-12-5-3-2-4-6-12/h2-10H,1,11H2. The van der Waals surface area contributed by atoms with E-state index >= 15 is 0 Å². The van der Waals surface area contributed by atoms with Gasteiger partial charge in [-0.25, -0.2) is 4.99 Å². The molecule has 0 aliphatic heterocycles. The van der Waals surface area contributed by atoms with E-state index in [4.69, 9.17) is 4.74 Å². The second-order valence-electron chi connectivity index (χ2n) is 3.76. The Balaban J connectivity index is 1.99. The topological polar surface area (TPSA) is 38.7 Å². The van der Waals surface area contributed by atoms with Crippen molar-refractivity contribution < 1.29 is 9.53 Å². The van der Waals surface area contributed by atoms with Crippen LogP contribution in [0.15, 0.2) is 59.6 Å². The predicted molar refractivity (Wildman–Crippen MR) is 71.1 cm³/mol. The molecule has 0 N–H and O–H groups in total. The number of amides is 1. The summed E-state index contributed by atoms with van der Waals surface area (Å²) < 4.78 is 5.60. The first kappa shape index (κ1) is 12.0. The van der Waals surface area contributed by atoms with Crippen molar-refractivity contribution in [3.63, 3.8) is 0 Å². The van der Waals surface area contributed by atoms with Gasteiger partial charge in [-0.05, 0) is 36.5 Å². The molecule has 0 aromatic heterocycles. The number of rotatable bonds is 4. The molecule has 0 saturated heterocycles. The molecular formula is C15H13NO2. The highest BCUT2D eigenvalue weighted by Gasteiger charge is 2.02. The molecule has 3 nitrogen and oxygen atoms in total. The Morgan fingerprint density at radius 3 is 2.33 bits per heavy atom. The number of ether oxygens (including phenoxy) is 1. The zero-order chi connectivity index (χ0) is 12.8. The van der Waals surface area contributed by atoms with Crippen LogP contribution in [0.1, 0.15) is 15.9 Å². The Morgan fingerprint density at radius 1 is 1.06 bits per heavy atom. The smallest absolute Gasteiger partial charge is 0.276 e. The predicted octanol–water partition coefficient (Wildman–Crippen LogP) is 3.11. The fourth-order valence-corrected chi connectivity index (χ4v) is 1.53. The van der Waals surface area contributed by atoms with Crippen LogP contribution in [0.2, 0.25) is 0 Å². The van der Waals surface area contributed by atoms with Crippen molar-refractivity contribution in [2.45, 2.75) is 6.61 Å². The van der Waals surface area contributed by atoms with E-state index in [2.05, 4.69) is 11.7 Å². The molecule has 0 fully saturated rings. The maximum atomic E-state index is 11.2. The maximum absolute atomic E-state index is 11.2. The van der Waals surface area contributed by atoms with Crippen molar-refractivity contribution in [1.82, 2.24) is 0 Å². The van der Waals surface area contributed by atoms with Crippen LogP contribution in [0.3, 0.4) is 0 Å². The van der Waals surface area contributed by atoms with Crippen molar-refractivity contribution in [2.75, 3.05) is 0 Å². The molecule has 0 spiro atoms. The van der Waals surface area contributed by atoms with Crippen LogP contribution in [0, 0.1) is 0 Å². The second-order valence-corrected chi connectivity index (χ2v) is 3.76. The normalized spacial score (nSPS) is 9.78. The number of hydrogen-bond acceptors (Lipinski definition) is 2. The summed E-state index contributed by atoms with van der Waals surface area (Å²) in [5, 5.41) is 0. The lowest BCUT2D eigenvalue weighted by Gasteiger charge is -2.06. The highest BCUT2D eigenvalue weighted by atomic mass is 16.5. The van der Waals surface area contributed by atoms with Gasteiger partial charge in [-0.1, -0.05) is 30.3 Å². The van der Waals surface area contributed by atoms with Gasteiger partial charge in [0.05, 0.1) is 0 Å². The molecule has 18 heavy (non-hydrogen) atoms. The molecule has 2 aromatic carbocycles. The first-order valence-corrected chi connectivity index (χ1v) is 5.57. The summed E-state index contributed by atoms with van der Waals surface area (Å²) in [5.41, 5.74) is 1.61. The van der Waals surface area contributed by atoms with Crippen molar-refractivity contribution in [3.05, 3.63) is 65.7 Å². The van der Waals surface area contributed by atoms with Gasteiger partial charge in [-0.3, -0.25) is 4.79 Å². The lowest BCUT2D eigenvalue weighted by Crippen LogP contribution is -1.97. The summed E-state index contributed by atoms with van der Waals surface area (Å²) in [6.45, 7) is 3.71. The van der Waals surface area contributed by atoms with Gasteiger partial charge < -0.3 is 4.74 Å². The fraction of sp³-hybridized carbons (Fsp3) is 0.0667. The van der Waals surface area contributed by atoms with Gasteiger partial charge in [0.2, 0.25) is 0 Å². The van der Waals surface area contributed by atoms with E-state index in [1.54, 1.807) is 24.3 Å². The van der Waals surface area contributed by atoms with E-state index in [1.165, 1.54) is 0 Å². The monoisotopic (exact) mass is 239 g/mol. The number of nitrogens with zero attached hydrogens (tertiary/aromatic N) is 1. The number of carbonyl (C=O) groups is 1. The maximum Gasteiger partial charge on any atom is 0.276 e. The zero-order valence-corrected chi connectivity index (χ0v) is 9.87. The minimum atomic E-state index is -0.329. The van der Waals surface area contributed by atoms with Gasteiger partial charge >= 0.3 is 0 Å². The lowest BCUT2D eigenvalue weighted by atomic mass is 10.2. The zero-order valence-electron chi connectivity index (χ0n) is 9.87. The quantitative estimate of drug-likeness (QED) is 0.769. The van der Waals surface area contributed by atoms with Crippen LogP contribution in [0.5, 0.6) is 5.75 Å². The summed E-state index contributed by atoms with van der Waals surface area (Å²) in [7, 11) is 0. The summed E-state index contributed by atoms with van der Waals surface area (Å²) in [6, 6.07) is 16.8.